The van der Waals surface area contributed by atoms with Crippen LogP contribution in [-0.2, 0) is 38.3 Å². The predicted octanol–water partition coefficient (Wildman–Crippen LogP) is 8.51. The highest BCUT2D eigenvalue weighted by Gasteiger charge is 2.61. The number of allylic oxidation sites excluding steroid dienone is 3. The van der Waals surface area contributed by atoms with Crippen LogP contribution in [0.2, 0.25) is 0 Å². The lowest BCUT2D eigenvalue weighted by atomic mass is 9.68. The van der Waals surface area contributed by atoms with E-state index in [-0.39, 0.29) is 125 Å². The molecule has 5 aliphatic rings. The Hall–Kier alpha value is -3.74. The van der Waals surface area contributed by atoms with Crippen LogP contribution in [-0.4, -0.2) is 117 Å². The van der Waals surface area contributed by atoms with Crippen molar-refractivity contribution in [3.05, 3.63) is 29.5 Å². The van der Waals surface area contributed by atoms with Gasteiger partial charge in [-0.15, -0.1) is 5.73 Å². The van der Waals surface area contributed by atoms with E-state index >= 15 is 0 Å². The Labute approximate surface area is 424 Å². The summed E-state index contributed by atoms with van der Waals surface area (Å²) in [5.41, 5.74) is 3.39. The van der Waals surface area contributed by atoms with Crippen LogP contribution in [0.15, 0.2) is 29.5 Å². The van der Waals surface area contributed by atoms with Gasteiger partial charge in [-0.3, -0.25) is 43.4 Å². The number of likely N-dealkylation sites (tertiary alicyclic amines) is 3. The van der Waals surface area contributed by atoms with Crippen molar-refractivity contribution in [2.75, 3.05) is 32.0 Å². The fourth-order valence-corrected chi connectivity index (χ4v) is 13.0. The van der Waals surface area contributed by atoms with Crippen LogP contribution in [0, 0.1) is 58.2 Å². The molecule has 2 aliphatic carbocycles. The van der Waals surface area contributed by atoms with E-state index in [1.54, 1.807) is 11.8 Å². The monoisotopic (exact) mass is 992 g/mol. The van der Waals surface area contributed by atoms with Gasteiger partial charge in [-0.25, -0.2) is 0 Å². The average Bonchev–Trinajstić information content (AvgIpc) is 4.03. The number of amides is 7. The number of hydrogen-bond acceptors (Lipinski definition) is 9. The standard InChI is InChI=1S/C56H89N5O8S/c1-34(2)61-37(6)32-42(49(61)65)56(14,15)70-31-27-57-43(62)18-16-28-59-48(64)40-23-22-38(45(40)50(59)66)21-20-36(5)55(12,13)41-33-39(24-25-53(7,8)9)46-47(41)52(68)60(51(46)67)29-17-19-44(63)58-54(10,11)26-30-69-35(3)4/h21,24-25,34-35,37-42,45-47H,16-19,22-23,26-33H2,1-15H3,(H,57,62)(H,58,63)/b25-24-. The van der Waals surface area contributed by atoms with E-state index < -0.39 is 28.7 Å². The van der Waals surface area contributed by atoms with E-state index in [0.29, 0.717) is 57.4 Å². The van der Waals surface area contributed by atoms with Gasteiger partial charge in [0.25, 0.3) is 0 Å². The molecule has 0 spiro atoms. The number of nitrogens with one attached hydrogen (secondary N) is 2. The Morgan fingerprint density at radius 3 is 1.99 bits per heavy atom. The normalized spacial score (nSPS) is 27.4. The molecule has 70 heavy (non-hydrogen) atoms. The molecule has 0 aromatic rings. The van der Waals surface area contributed by atoms with Gasteiger partial charge in [0.1, 0.15) is 0 Å². The van der Waals surface area contributed by atoms with E-state index in [4.69, 9.17) is 4.74 Å². The van der Waals surface area contributed by atoms with E-state index in [9.17, 15) is 33.6 Å². The van der Waals surface area contributed by atoms with Gasteiger partial charge in [-0.1, -0.05) is 46.8 Å². The number of fused-ring (bicyclic) bond motifs is 2. The maximum absolute atomic E-state index is 14.4. The quantitative estimate of drug-likeness (QED) is 0.0443. The van der Waals surface area contributed by atoms with Gasteiger partial charge < -0.3 is 20.3 Å². The zero-order valence-corrected chi connectivity index (χ0v) is 46.3. The number of hydrogen-bond donors (Lipinski definition) is 2. The minimum atomic E-state index is -0.529. The second-order valence-electron chi connectivity index (χ2n) is 24.6. The first kappa shape index (κ1) is 57.2. The van der Waals surface area contributed by atoms with Crippen molar-refractivity contribution in [2.24, 2.45) is 58.2 Å². The van der Waals surface area contributed by atoms with Gasteiger partial charge in [-0.05, 0) is 154 Å². The van der Waals surface area contributed by atoms with E-state index in [1.165, 1.54) is 9.80 Å². The van der Waals surface area contributed by atoms with Crippen LogP contribution in [0.25, 0.3) is 0 Å². The Bertz CT molecular complexity index is 2060. The fraction of sp³-hybridized carbons (Fsp3) is 0.786. The molecule has 7 amide bonds. The summed E-state index contributed by atoms with van der Waals surface area (Å²) in [6.07, 6.45) is 11.0. The van der Waals surface area contributed by atoms with Crippen molar-refractivity contribution in [3.63, 3.8) is 0 Å². The summed E-state index contributed by atoms with van der Waals surface area (Å²) in [4.78, 5) is 99.9. The third-order valence-electron chi connectivity index (χ3n) is 16.1. The Morgan fingerprint density at radius 2 is 1.39 bits per heavy atom. The molecule has 0 bridgehead atoms. The van der Waals surface area contributed by atoms with Crippen molar-refractivity contribution >= 4 is 53.1 Å². The molecule has 9 atom stereocenters. The van der Waals surface area contributed by atoms with Crippen molar-refractivity contribution in [1.29, 1.82) is 0 Å². The van der Waals surface area contributed by atoms with Crippen molar-refractivity contribution in [3.8, 4) is 0 Å². The second-order valence-corrected chi connectivity index (χ2v) is 26.3. The molecular weight excluding hydrogens is 903 g/mol. The molecule has 2 N–H and O–H groups in total. The average molecular weight is 992 g/mol. The van der Waals surface area contributed by atoms with Crippen LogP contribution in [0.5, 0.6) is 0 Å². The smallest absolute Gasteiger partial charge is 0.233 e. The number of carbonyl (C=O) groups is 7. The summed E-state index contributed by atoms with van der Waals surface area (Å²) >= 11 is 1.70. The zero-order chi connectivity index (χ0) is 52.3. The lowest BCUT2D eigenvalue weighted by Gasteiger charge is -2.35. The van der Waals surface area contributed by atoms with Crippen molar-refractivity contribution < 1.29 is 38.3 Å². The molecule has 3 heterocycles. The summed E-state index contributed by atoms with van der Waals surface area (Å²) in [6.45, 7) is 32.4. The largest absolute Gasteiger partial charge is 0.379 e. The van der Waals surface area contributed by atoms with Gasteiger partial charge in [0.15, 0.2) is 0 Å². The van der Waals surface area contributed by atoms with Gasteiger partial charge in [0, 0.05) is 67.2 Å². The third kappa shape index (κ3) is 13.5. The summed E-state index contributed by atoms with van der Waals surface area (Å²) in [5, 5.41) is 6.08. The van der Waals surface area contributed by atoms with Crippen molar-refractivity contribution in [2.45, 2.75) is 190 Å². The van der Waals surface area contributed by atoms with Gasteiger partial charge >= 0.3 is 0 Å². The van der Waals surface area contributed by atoms with E-state index in [1.807, 2.05) is 45.6 Å². The number of thioether (sulfide) groups is 1. The highest BCUT2D eigenvalue weighted by molar-refractivity contribution is 8.00. The zero-order valence-electron chi connectivity index (χ0n) is 45.5. The molecule has 0 aromatic carbocycles. The van der Waals surface area contributed by atoms with Crippen LogP contribution in [0.1, 0.15) is 162 Å². The molecule has 2 saturated carbocycles. The summed E-state index contributed by atoms with van der Waals surface area (Å²) in [6, 6.07) is 0.383. The fourth-order valence-electron chi connectivity index (χ4n) is 11.9. The van der Waals surface area contributed by atoms with E-state index in [2.05, 4.69) is 97.8 Å². The number of rotatable bonds is 23. The molecule has 0 radical (unpaired) electrons. The molecule has 14 heteroatoms. The predicted molar refractivity (Wildman–Crippen MR) is 277 cm³/mol. The highest BCUT2D eigenvalue weighted by atomic mass is 32.2. The summed E-state index contributed by atoms with van der Waals surface area (Å²) < 4.78 is 5.42. The molecule has 3 saturated heterocycles. The van der Waals surface area contributed by atoms with Crippen LogP contribution >= 0.6 is 11.8 Å². The maximum atomic E-state index is 14.4. The first-order valence-corrected chi connectivity index (χ1v) is 27.5. The van der Waals surface area contributed by atoms with Crippen LogP contribution < -0.4 is 10.6 Å². The van der Waals surface area contributed by atoms with Crippen molar-refractivity contribution in [1.82, 2.24) is 25.3 Å². The van der Waals surface area contributed by atoms with Gasteiger partial charge in [-0.2, -0.15) is 11.8 Å². The first-order valence-electron chi connectivity index (χ1n) is 26.5. The van der Waals surface area contributed by atoms with E-state index in [0.717, 1.165) is 12.0 Å². The Morgan fingerprint density at radius 1 is 0.786 bits per heavy atom. The minimum absolute atomic E-state index is 0.0648. The molecule has 9 unspecified atom stereocenters. The third-order valence-corrected chi connectivity index (χ3v) is 17.6. The molecule has 0 aromatic heterocycles. The SMILES string of the molecule is CC(=C=CC1CCC2C(=O)N(CCCC(=O)NCCSC(C)(C)C3CC(C)N(C(C)C)C3=O)C(=O)C12)C(C)(C)C1CC(/C=C\C(C)(C)C)C2C(=O)N(CCCC(=O)NC(C)(C)CCOC(C)C)C(=O)C21. The highest BCUT2D eigenvalue weighted by Crippen LogP contribution is 2.56. The Kier molecular flexibility index (Phi) is 18.8. The summed E-state index contributed by atoms with van der Waals surface area (Å²) in [7, 11) is 0. The molecular formula is C56H89N5O8S. The maximum Gasteiger partial charge on any atom is 0.233 e. The lowest BCUT2D eigenvalue weighted by Crippen LogP contribution is -2.44. The minimum Gasteiger partial charge on any atom is -0.379 e. The Balaban J connectivity index is 1.17. The van der Waals surface area contributed by atoms with Crippen LogP contribution in [0.3, 0.4) is 0 Å². The molecule has 5 rings (SSSR count). The second kappa shape index (κ2) is 23.0. The molecule has 392 valence electrons. The topological polar surface area (TPSA) is 162 Å². The van der Waals surface area contributed by atoms with Gasteiger partial charge in [0.2, 0.25) is 41.4 Å². The van der Waals surface area contributed by atoms with Crippen LogP contribution in [0.4, 0.5) is 0 Å². The first-order chi connectivity index (χ1) is 32.5. The number of imide groups is 2. The number of nitrogens with zero attached hydrogens (tertiary/aromatic N) is 3. The number of ether oxygens (including phenoxy) is 1. The number of carbonyl (C=O) groups excluding carboxylic acids is 7. The molecule has 3 aliphatic heterocycles. The molecule has 13 nitrogen and oxygen atoms in total. The van der Waals surface area contributed by atoms with Gasteiger partial charge in [0.05, 0.1) is 35.7 Å². The lowest BCUT2D eigenvalue weighted by molar-refractivity contribution is -0.142. The molecule has 5 fully saturated rings. The summed E-state index contributed by atoms with van der Waals surface area (Å²) in [5.74, 6) is -2.38.